The Morgan fingerprint density at radius 1 is 1.04 bits per heavy atom. The van der Waals surface area contributed by atoms with Crippen molar-refractivity contribution in [3.63, 3.8) is 0 Å². The molecular formula is C20H25NO3S. The molecule has 0 aromatic heterocycles. The van der Waals surface area contributed by atoms with Gasteiger partial charge in [0.05, 0.1) is 16.9 Å². The quantitative estimate of drug-likeness (QED) is 0.760. The van der Waals surface area contributed by atoms with Crippen molar-refractivity contribution in [2.24, 2.45) is 11.3 Å². The van der Waals surface area contributed by atoms with Gasteiger partial charge >= 0.3 is 0 Å². The maximum atomic E-state index is 13.2. The summed E-state index contributed by atoms with van der Waals surface area (Å²) in [6.45, 7) is 6.21. The Labute approximate surface area is 150 Å². The van der Waals surface area contributed by atoms with Gasteiger partial charge in [-0.2, -0.15) is 4.31 Å². The van der Waals surface area contributed by atoms with Crippen molar-refractivity contribution < 1.29 is 13.2 Å². The molecule has 5 heteroatoms. The minimum absolute atomic E-state index is 0.0315. The first-order valence-electron chi connectivity index (χ1n) is 9.04. The summed E-state index contributed by atoms with van der Waals surface area (Å²) >= 11 is 0. The second kappa shape index (κ2) is 5.52. The highest BCUT2D eigenvalue weighted by molar-refractivity contribution is 7.89. The van der Waals surface area contributed by atoms with Gasteiger partial charge in [-0.3, -0.25) is 4.79 Å². The molecule has 0 bridgehead atoms. The monoisotopic (exact) mass is 359 g/mol. The SMILES string of the molecule is CC1=C(C)C[C@@]23C(=O)CN(S(=O)(=O)c4ccc(C)cc4)[C@@H]2CC[C@H]3C1. The first-order chi connectivity index (χ1) is 11.8. The van der Waals surface area contributed by atoms with Gasteiger partial charge in [0.1, 0.15) is 0 Å². The zero-order valence-corrected chi connectivity index (χ0v) is 15.9. The molecule has 0 N–H and O–H groups in total. The molecule has 0 amide bonds. The van der Waals surface area contributed by atoms with Crippen molar-refractivity contribution in [2.75, 3.05) is 6.54 Å². The third-order valence-corrected chi connectivity index (χ3v) is 8.61. The van der Waals surface area contributed by atoms with Crippen LogP contribution in [0.25, 0.3) is 0 Å². The van der Waals surface area contributed by atoms with E-state index < -0.39 is 15.4 Å². The number of rotatable bonds is 2. The average molecular weight is 359 g/mol. The number of ketones is 1. The summed E-state index contributed by atoms with van der Waals surface area (Å²) in [5, 5.41) is 0. The molecule has 1 aliphatic heterocycles. The van der Waals surface area contributed by atoms with Gasteiger partial charge in [0, 0.05) is 6.04 Å². The van der Waals surface area contributed by atoms with Crippen molar-refractivity contribution in [1.29, 1.82) is 0 Å². The fourth-order valence-corrected chi connectivity index (χ4v) is 6.90. The Morgan fingerprint density at radius 3 is 2.40 bits per heavy atom. The van der Waals surface area contributed by atoms with Crippen LogP contribution in [-0.4, -0.2) is 31.1 Å². The first-order valence-corrected chi connectivity index (χ1v) is 10.5. The number of allylic oxidation sites excluding steroid dienone is 2. The number of nitrogens with zero attached hydrogens (tertiary/aromatic N) is 1. The normalized spacial score (nSPS) is 32.8. The molecule has 4 nitrogen and oxygen atoms in total. The molecule has 2 aliphatic carbocycles. The van der Waals surface area contributed by atoms with Gasteiger partial charge in [0.25, 0.3) is 0 Å². The largest absolute Gasteiger partial charge is 0.297 e. The summed E-state index contributed by atoms with van der Waals surface area (Å²) in [6, 6.07) is 6.76. The van der Waals surface area contributed by atoms with E-state index >= 15 is 0 Å². The van der Waals surface area contributed by atoms with Crippen molar-refractivity contribution in [1.82, 2.24) is 4.31 Å². The molecule has 3 aliphatic rings. The summed E-state index contributed by atoms with van der Waals surface area (Å²) < 4.78 is 27.9. The number of hydrogen-bond acceptors (Lipinski definition) is 3. The molecule has 0 radical (unpaired) electrons. The molecule has 134 valence electrons. The van der Waals surface area contributed by atoms with Crippen LogP contribution < -0.4 is 0 Å². The molecule has 1 aromatic rings. The maximum Gasteiger partial charge on any atom is 0.243 e. The number of Topliss-reactive ketones (excluding diaryl/α,β-unsaturated/α-hetero) is 1. The van der Waals surface area contributed by atoms with Crippen LogP contribution in [0.3, 0.4) is 0 Å². The lowest BCUT2D eigenvalue weighted by Crippen LogP contribution is -2.44. The Hall–Kier alpha value is -1.46. The highest BCUT2D eigenvalue weighted by Gasteiger charge is 2.64. The van der Waals surface area contributed by atoms with Crippen LogP contribution in [0.15, 0.2) is 40.3 Å². The first kappa shape index (κ1) is 17.0. The molecule has 3 atom stereocenters. The minimum atomic E-state index is -3.63. The minimum Gasteiger partial charge on any atom is -0.297 e. The Morgan fingerprint density at radius 2 is 1.72 bits per heavy atom. The van der Waals surface area contributed by atoms with Gasteiger partial charge in [0.2, 0.25) is 10.0 Å². The van der Waals surface area contributed by atoms with Crippen LogP contribution in [0, 0.1) is 18.3 Å². The topological polar surface area (TPSA) is 54.5 Å². The summed E-state index contributed by atoms with van der Waals surface area (Å²) in [4.78, 5) is 13.4. The molecular weight excluding hydrogens is 334 g/mol. The van der Waals surface area contributed by atoms with E-state index in [4.69, 9.17) is 0 Å². The van der Waals surface area contributed by atoms with E-state index in [9.17, 15) is 13.2 Å². The summed E-state index contributed by atoms with van der Waals surface area (Å²) in [5.74, 6) is 0.425. The van der Waals surface area contributed by atoms with Crippen LogP contribution >= 0.6 is 0 Å². The molecule has 25 heavy (non-hydrogen) atoms. The number of sulfonamides is 1. The smallest absolute Gasteiger partial charge is 0.243 e. The van der Waals surface area contributed by atoms with Crippen LogP contribution in [0.2, 0.25) is 0 Å². The van der Waals surface area contributed by atoms with Crippen LogP contribution in [0.4, 0.5) is 0 Å². The lowest BCUT2D eigenvalue weighted by atomic mass is 9.64. The molecule has 1 saturated carbocycles. The number of carbonyl (C=O) groups is 1. The lowest BCUT2D eigenvalue weighted by molar-refractivity contribution is -0.127. The number of carbonyl (C=O) groups excluding carboxylic acids is 1. The molecule has 0 unspecified atom stereocenters. The van der Waals surface area contributed by atoms with Crippen molar-refractivity contribution in [2.45, 2.75) is 57.4 Å². The van der Waals surface area contributed by atoms with Gasteiger partial charge in [0.15, 0.2) is 5.78 Å². The third-order valence-electron chi connectivity index (χ3n) is 6.74. The molecule has 2 fully saturated rings. The molecule has 4 rings (SSSR count). The fraction of sp³-hybridized carbons (Fsp3) is 0.550. The summed E-state index contributed by atoms with van der Waals surface area (Å²) in [5.41, 5.74) is 3.19. The standard InChI is InChI=1S/C20H25NO3S/c1-13-4-7-17(8-5-13)25(23,24)21-12-19(22)20-11-15(3)14(2)10-16(20)6-9-18(20)21/h4-5,7-8,16,18H,6,9-12H2,1-3H3/t16-,18+,20-/m0/s1. The van der Waals surface area contributed by atoms with E-state index in [0.29, 0.717) is 10.8 Å². The maximum absolute atomic E-state index is 13.2. The lowest BCUT2D eigenvalue weighted by Gasteiger charge is -2.39. The summed E-state index contributed by atoms with van der Waals surface area (Å²) in [6.07, 6.45) is 3.41. The molecule has 1 spiro atoms. The Kier molecular flexibility index (Phi) is 3.75. The second-order valence-electron chi connectivity index (χ2n) is 8.06. The fourth-order valence-electron chi connectivity index (χ4n) is 5.24. The number of aryl methyl sites for hydroxylation is 1. The van der Waals surface area contributed by atoms with E-state index in [0.717, 1.165) is 31.2 Å². The van der Waals surface area contributed by atoms with Crippen LogP contribution in [0.1, 0.15) is 45.1 Å². The van der Waals surface area contributed by atoms with Crippen molar-refractivity contribution >= 4 is 15.8 Å². The summed E-state index contributed by atoms with van der Waals surface area (Å²) in [7, 11) is -3.63. The van der Waals surface area contributed by atoms with E-state index in [1.54, 1.807) is 12.1 Å². The van der Waals surface area contributed by atoms with E-state index in [-0.39, 0.29) is 18.4 Å². The molecule has 1 heterocycles. The molecule has 1 saturated heterocycles. The predicted octanol–water partition coefficient (Wildman–Crippen LogP) is 3.46. The predicted molar refractivity (Wildman–Crippen MR) is 96.6 cm³/mol. The van der Waals surface area contributed by atoms with Crippen molar-refractivity contribution in [3.05, 3.63) is 41.0 Å². The highest BCUT2D eigenvalue weighted by atomic mass is 32.2. The number of benzene rings is 1. The van der Waals surface area contributed by atoms with E-state index in [1.807, 2.05) is 19.1 Å². The van der Waals surface area contributed by atoms with Gasteiger partial charge < -0.3 is 0 Å². The van der Waals surface area contributed by atoms with Gasteiger partial charge in [-0.15, -0.1) is 0 Å². The highest BCUT2D eigenvalue weighted by Crippen LogP contribution is 2.59. The van der Waals surface area contributed by atoms with Crippen molar-refractivity contribution in [3.8, 4) is 0 Å². The average Bonchev–Trinajstić information content (AvgIpc) is 3.05. The zero-order valence-electron chi connectivity index (χ0n) is 15.1. The number of hydrogen-bond donors (Lipinski definition) is 0. The second-order valence-corrected chi connectivity index (χ2v) is 9.95. The Balaban J connectivity index is 1.75. The van der Waals surface area contributed by atoms with Gasteiger partial charge in [-0.25, -0.2) is 8.42 Å². The van der Waals surface area contributed by atoms with Crippen LogP contribution in [0.5, 0.6) is 0 Å². The Bertz CT molecular complexity index is 869. The van der Waals surface area contributed by atoms with E-state index in [2.05, 4.69) is 13.8 Å². The van der Waals surface area contributed by atoms with Crippen LogP contribution in [-0.2, 0) is 14.8 Å². The molecule has 1 aromatic carbocycles. The van der Waals surface area contributed by atoms with Gasteiger partial charge in [-0.05, 0) is 64.5 Å². The van der Waals surface area contributed by atoms with E-state index in [1.165, 1.54) is 15.5 Å². The third kappa shape index (κ3) is 2.28. The van der Waals surface area contributed by atoms with Gasteiger partial charge in [-0.1, -0.05) is 28.8 Å². The zero-order chi connectivity index (χ0) is 18.0.